The van der Waals surface area contributed by atoms with Gasteiger partial charge in [-0.05, 0) is 24.5 Å². The fraction of sp³-hybridized carbons (Fsp3) is 0.619. The summed E-state index contributed by atoms with van der Waals surface area (Å²) in [5.74, 6) is -6.91. The highest BCUT2D eigenvalue weighted by atomic mass is 19.3. The Balaban J connectivity index is 0.000000427. The molecule has 1 aromatic rings. The van der Waals surface area contributed by atoms with E-state index in [0.717, 1.165) is 24.8 Å². The number of carboxylic acid groups (broad SMARTS) is 2. The maximum absolute atomic E-state index is 13.0. The van der Waals surface area contributed by atoms with Gasteiger partial charge in [0.25, 0.3) is 0 Å². The molecule has 1 saturated carbocycles. The van der Waals surface area contributed by atoms with Crippen LogP contribution in [0.3, 0.4) is 0 Å². The van der Waals surface area contributed by atoms with Gasteiger partial charge >= 0.3 is 11.9 Å². The molecule has 1 atom stereocenters. The van der Waals surface area contributed by atoms with Crippen LogP contribution in [0.4, 0.5) is 8.78 Å². The Kier molecular flexibility index (Phi) is 7.40. The molecule has 1 spiro atoms. The Morgan fingerprint density at radius 3 is 2.34 bits per heavy atom. The first kappa shape index (κ1) is 24.0. The van der Waals surface area contributed by atoms with Gasteiger partial charge in [0.05, 0.1) is 24.9 Å². The van der Waals surface area contributed by atoms with Crippen LogP contribution >= 0.6 is 0 Å². The number of carbonyl (C=O) groups excluding carboxylic acids is 1. The SMILES string of the molecule is O=C(C1CC(F)(F)C1)N1CCC2(CC1)CC(OCc1cccnc1)CO2.O=C(O)C(=O)O. The molecule has 0 radical (unpaired) electrons. The lowest BCUT2D eigenvalue weighted by atomic mass is 9.79. The fourth-order valence-electron chi connectivity index (χ4n) is 4.18. The zero-order chi connectivity index (χ0) is 23.4. The number of amides is 1. The maximum Gasteiger partial charge on any atom is 0.414 e. The Hall–Kier alpha value is -2.66. The summed E-state index contributed by atoms with van der Waals surface area (Å²) in [6, 6.07) is 3.86. The average Bonchev–Trinajstić information content (AvgIpc) is 3.14. The first-order valence-corrected chi connectivity index (χ1v) is 10.4. The van der Waals surface area contributed by atoms with Crippen molar-refractivity contribution in [1.29, 1.82) is 0 Å². The third kappa shape index (κ3) is 6.19. The van der Waals surface area contributed by atoms with Crippen LogP contribution in [0.5, 0.6) is 0 Å². The third-order valence-electron chi connectivity index (χ3n) is 5.99. The molecule has 2 saturated heterocycles. The molecule has 0 aromatic carbocycles. The number of piperidine rings is 1. The first-order chi connectivity index (χ1) is 15.1. The predicted molar refractivity (Wildman–Crippen MR) is 105 cm³/mol. The second-order valence-corrected chi connectivity index (χ2v) is 8.39. The van der Waals surface area contributed by atoms with Crippen LogP contribution in [0.2, 0.25) is 0 Å². The highest BCUT2D eigenvalue weighted by molar-refractivity contribution is 6.27. The van der Waals surface area contributed by atoms with Crippen LogP contribution in [0.1, 0.15) is 37.7 Å². The van der Waals surface area contributed by atoms with Crippen LogP contribution < -0.4 is 0 Å². The molecule has 176 valence electrons. The molecule has 3 aliphatic rings. The average molecular weight is 456 g/mol. The predicted octanol–water partition coefficient (Wildman–Crippen LogP) is 1.95. The fourth-order valence-corrected chi connectivity index (χ4v) is 4.18. The summed E-state index contributed by atoms with van der Waals surface area (Å²) in [7, 11) is 0. The molecule has 11 heteroatoms. The Labute approximate surface area is 183 Å². The van der Waals surface area contributed by atoms with Crippen molar-refractivity contribution in [2.45, 2.75) is 56.3 Å². The Morgan fingerprint density at radius 2 is 1.81 bits per heavy atom. The van der Waals surface area contributed by atoms with Crippen LogP contribution in [0, 0.1) is 5.92 Å². The number of hydrogen-bond acceptors (Lipinski definition) is 6. The van der Waals surface area contributed by atoms with Crippen LogP contribution in [0.15, 0.2) is 24.5 Å². The molecule has 32 heavy (non-hydrogen) atoms. The van der Waals surface area contributed by atoms with Crippen molar-refractivity contribution < 1.29 is 42.9 Å². The van der Waals surface area contributed by atoms with E-state index < -0.39 is 23.8 Å². The summed E-state index contributed by atoms with van der Waals surface area (Å²) < 4.78 is 38.0. The van der Waals surface area contributed by atoms with E-state index in [2.05, 4.69) is 4.98 Å². The lowest BCUT2D eigenvalue weighted by Gasteiger charge is -2.42. The van der Waals surface area contributed by atoms with Crippen molar-refractivity contribution in [3.05, 3.63) is 30.1 Å². The van der Waals surface area contributed by atoms with Crippen molar-refractivity contribution in [3.63, 3.8) is 0 Å². The Morgan fingerprint density at radius 1 is 1.16 bits per heavy atom. The van der Waals surface area contributed by atoms with Gasteiger partial charge in [0, 0.05) is 50.7 Å². The number of alkyl halides is 2. The van der Waals surface area contributed by atoms with E-state index in [9.17, 15) is 13.6 Å². The van der Waals surface area contributed by atoms with Crippen LogP contribution in [-0.4, -0.2) is 75.3 Å². The normalized spacial score (nSPS) is 23.7. The Bertz CT molecular complexity index is 809. The summed E-state index contributed by atoms with van der Waals surface area (Å²) in [5, 5.41) is 14.8. The standard InChI is InChI=1S/C19H24F2N2O3.C2H2O4/c20-19(21)8-15(9-19)17(24)23-6-3-18(4-7-23)10-16(13-26-18)25-12-14-2-1-5-22-11-14;3-1(4)2(5)6/h1-2,5,11,15-16H,3-4,6-10,12-13H2;(H,3,4)(H,5,6). The van der Waals surface area contributed by atoms with Gasteiger partial charge in [-0.25, -0.2) is 18.4 Å². The second kappa shape index (κ2) is 9.86. The van der Waals surface area contributed by atoms with E-state index in [1.165, 1.54) is 0 Å². The van der Waals surface area contributed by atoms with E-state index in [1.807, 2.05) is 12.1 Å². The topological polar surface area (TPSA) is 126 Å². The largest absolute Gasteiger partial charge is 0.473 e. The van der Waals surface area contributed by atoms with Gasteiger partial charge in [0.1, 0.15) is 0 Å². The van der Waals surface area contributed by atoms with E-state index in [4.69, 9.17) is 29.3 Å². The van der Waals surface area contributed by atoms with Gasteiger partial charge in [-0.15, -0.1) is 0 Å². The van der Waals surface area contributed by atoms with Crippen molar-refractivity contribution in [2.24, 2.45) is 5.92 Å². The molecule has 2 N–H and O–H groups in total. The van der Waals surface area contributed by atoms with Gasteiger partial charge in [0.2, 0.25) is 11.8 Å². The summed E-state index contributed by atoms with van der Waals surface area (Å²) in [6.07, 6.45) is 5.28. The van der Waals surface area contributed by atoms with Gasteiger partial charge in [-0.2, -0.15) is 0 Å². The number of aliphatic carboxylic acids is 2. The second-order valence-electron chi connectivity index (χ2n) is 8.39. The van der Waals surface area contributed by atoms with E-state index in [0.29, 0.717) is 26.3 Å². The maximum atomic E-state index is 13.0. The summed E-state index contributed by atoms with van der Waals surface area (Å²) in [4.78, 5) is 36.3. The molecule has 3 fully saturated rings. The molecular weight excluding hydrogens is 430 g/mol. The lowest BCUT2D eigenvalue weighted by molar-refractivity contribution is -0.163. The molecule has 1 amide bonds. The molecule has 1 aliphatic carbocycles. The van der Waals surface area contributed by atoms with E-state index >= 15 is 0 Å². The summed E-state index contributed by atoms with van der Waals surface area (Å²) in [6.45, 7) is 2.23. The number of likely N-dealkylation sites (tertiary alicyclic amines) is 1. The van der Waals surface area contributed by atoms with E-state index in [1.54, 1.807) is 17.3 Å². The highest BCUT2D eigenvalue weighted by Gasteiger charge is 2.51. The molecule has 0 bridgehead atoms. The van der Waals surface area contributed by atoms with Crippen LogP contribution in [-0.2, 0) is 30.5 Å². The first-order valence-electron chi connectivity index (χ1n) is 10.4. The van der Waals surface area contributed by atoms with Gasteiger partial charge in [-0.3, -0.25) is 9.78 Å². The molecule has 4 rings (SSSR count). The van der Waals surface area contributed by atoms with Gasteiger partial charge < -0.3 is 24.6 Å². The summed E-state index contributed by atoms with van der Waals surface area (Å²) in [5.41, 5.74) is 0.797. The number of hydrogen-bond donors (Lipinski definition) is 2. The van der Waals surface area contributed by atoms with Crippen molar-refractivity contribution in [2.75, 3.05) is 19.7 Å². The third-order valence-corrected chi connectivity index (χ3v) is 5.99. The molecule has 9 nitrogen and oxygen atoms in total. The minimum absolute atomic E-state index is 0.0442. The summed E-state index contributed by atoms with van der Waals surface area (Å²) >= 11 is 0. The quantitative estimate of drug-likeness (QED) is 0.659. The monoisotopic (exact) mass is 456 g/mol. The minimum atomic E-state index is -2.65. The van der Waals surface area contributed by atoms with Gasteiger partial charge in [0.15, 0.2) is 0 Å². The number of carboxylic acids is 2. The van der Waals surface area contributed by atoms with Gasteiger partial charge in [-0.1, -0.05) is 6.07 Å². The zero-order valence-electron chi connectivity index (χ0n) is 17.4. The molecule has 2 aliphatic heterocycles. The van der Waals surface area contributed by atoms with Crippen molar-refractivity contribution in [1.82, 2.24) is 9.88 Å². The number of pyridine rings is 1. The highest BCUT2D eigenvalue weighted by Crippen LogP contribution is 2.44. The molecule has 3 heterocycles. The lowest BCUT2D eigenvalue weighted by Crippen LogP contribution is -2.52. The van der Waals surface area contributed by atoms with Crippen molar-refractivity contribution >= 4 is 17.8 Å². The zero-order valence-corrected chi connectivity index (χ0v) is 17.4. The number of aromatic nitrogens is 1. The number of halogens is 2. The smallest absolute Gasteiger partial charge is 0.414 e. The number of carbonyl (C=O) groups is 3. The molecule has 1 unspecified atom stereocenters. The minimum Gasteiger partial charge on any atom is -0.473 e. The van der Waals surface area contributed by atoms with E-state index in [-0.39, 0.29) is 30.5 Å². The number of nitrogens with zero attached hydrogens (tertiary/aromatic N) is 2. The number of rotatable bonds is 4. The van der Waals surface area contributed by atoms with Crippen LogP contribution in [0.25, 0.3) is 0 Å². The van der Waals surface area contributed by atoms with Crippen molar-refractivity contribution in [3.8, 4) is 0 Å². The molecule has 1 aromatic heterocycles. The number of ether oxygens (including phenoxy) is 2. The molecular formula is C21H26F2N2O7.